The number of carbonyl (C=O) groups is 1. The highest BCUT2D eigenvalue weighted by Crippen LogP contribution is 2.23. The lowest BCUT2D eigenvalue weighted by Crippen LogP contribution is -2.32. The molecule has 37 heavy (non-hydrogen) atoms. The van der Waals surface area contributed by atoms with Crippen molar-refractivity contribution in [3.63, 3.8) is 0 Å². The van der Waals surface area contributed by atoms with E-state index in [0.717, 1.165) is 54.3 Å². The van der Waals surface area contributed by atoms with Crippen LogP contribution in [0.3, 0.4) is 0 Å². The van der Waals surface area contributed by atoms with Crippen molar-refractivity contribution in [3.8, 4) is 17.0 Å². The van der Waals surface area contributed by atoms with Gasteiger partial charge in [-0.05, 0) is 55.7 Å². The molecule has 2 heterocycles. The molecule has 3 aromatic rings. The maximum absolute atomic E-state index is 12.1. The minimum atomic E-state index is -0.582. The van der Waals surface area contributed by atoms with Gasteiger partial charge in [0.15, 0.2) is 6.10 Å². The topological polar surface area (TPSA) is 73.8 Å². The second kappa shape index (κ2) is 13.7. The van der Waals surface area contributed by atoms with E-state index in [1.165, 1.54) is 5.57 Å². The Kier molecular flexibility index (Phi) is 9.80. The molecule has 4 rings (SSSR count). The summed E-state index contributed by atoms with van der Waals surface area (Å²) in [5.74, 6) is 0.495. The largest absolute Gasteiger partial charge is 0.492 e. The van der Waals surface area contributed by atoms with Gasteiger partial charge in [0, 0.05) is 38.2 Å². The number of rotatable bonds is 12. The van der Waals surface area contributed by atoms with Gasteiger partial charge in [0.2, 0.25) is 0 Å². The molecule has 0 aliphatic carbocycles. The van der Waals surface area contributed by atoms with Crippen LogP contribution in [-0.2, 0) is 20.7 Å². The molecule has 0 saturated carbocycles. The highest BCUT2D eigenvalue weighted by atomic mass is 16.6. The van der Waals surface area contributed by atoms with E-state index in [9.17, 15) is 4.79 Å². The van der Waals surface area contributed by atoms with Gasteiger partial charge in [-0.15, -0.1) is 5.10 Å². The molecule has 0 spiro atoms. The third-order valence-electron chi connectivity index (χ3n) is 6.29. The molecule has 194 valence electrons. The number of hydrogen-bond acceptors (Lipinski definition) is 7. The van der Waals surface area contributed by atoms with E-state index in [-0.39, 0.29) is 5.97 Å². The summed E-state index contributed by atoms with van der Waals surface area (Å²) < 4.78 is 16.6. The van der Waals surface area contributed by atoms with Crippen molar-refractivity contribution in [2.24, 2.45) is 0 Å². The Balaban J connectivity index is 1.22. The smallest absolute Gasteiger partial charge is 0.335 e. The number of esters is 1. The van der Waals surface area contributed by atoms with E-state index >= 15 is 0 Å². The van der Waals surface area contributed by atoms with Crippen LogP contribution in [0.1, 0.15) is 31.5 Å². The van der Waals surface area contributed by atoms with Crippen molar-refractivity contribution < 1.29 is 19.0 Å². The molecular formula is C30H35N3O4. The molecule has 1 aromatic heterocycles. The molecule has 1 atom stereocenters. The minimum absolute atomic E-state index is 0.320. The van der Waals surface area contributed by atoms with Crippen LogP contribution in [0.2, 0.25) is 0 Å². The number of nitrogens with zero attached hydrogens (tertiary/aromatic N) is 3. The third kappa shape index (κ3) is 7.71. The summed E-state index contributed by atoms with van der Waals surface area (Å²) in [4.78, 5) is 14.4. The summed E-state index contributed by atoms with van der Waals surface area (Å²) in [5, 5.41) is 8.88. The zero-order valence-corrected chi connectivity index (χ0v) is 21.6. The number of carbonyl (C=O) groups excluding carboxylic acids is 1. The molecule has 0 radical (unpaired) electrons. The first-order valence-electron chi connectivity index (χ1n) is 13.0. The fourth-order valence-electron chi connectivity index (χ4n) is 4.29. The highest BCUT2D eigenvalue weighted by Gasteiger charge is 2.20. The molecule has 7 nitrogen and oxygen atoms in total. The Morgan fingerprint density at radius 1 is 0.946 bits per heavy atom. The molecule has 1 aliphatic rings. The van der Waals surface area contributed by atoms with Gasteiger partial charge in [-0.25, -0.2) is 4.79 Å². The van der Waals surface area contributed by atoms with Crippen LogP contribution in [0.15, 0.2) is 72.8 Å². The summed E-state index contributed by atoms with van der Waals surface area (Å²) in [6.45, 7) is 7.77. The molecule has 2 aromatic carbocycles. The van der Waals surface area contributed by atoms with Gasteiger partial charge in [0.1, 0.15) is 12.4 Å². The SMILES string of the molecule is CCOC(=O)C(Cc1ccc(OCCN2CC=C(c3ccc(-c4ccccc4)nn3)CC2)cc1)OCC. The van der Waals surface area contributed by atoms with Crippen LogP contribution >= 0.6 is 0 Å². The van der Waals surface area contributed by atoms with E-state index < -0.39 is 6.10 Å². The molecular weight excluding hydrogens is 466 g/mol. The zero-order chi connectivity index (χ0) is 25.9. The highest BCUT2D eigenvalue weighted by molar-refractivity contribution is 5.75. The van der Waals surface area contributed by atoms with Crippen LogP contribution in [-0.4, -0.2) is 66.6 Å². The molecule has 1 unspecified atom stereocenters. The van der Waals surface area contributed by atoms with Gasteiger partial charge in [0.05, 0.1) is 18.0 Å². The van der Waals surface area contributed by atoms with E-state index in [4.69, 9.17) is 14.2 Å². The number of benzene rings is 2. The monoisotopic (exact) mass is 501 g/mol. The third-order valence-corrected chi connectivity index (χ3v) is 6.29. The van der Waals surface area contributed by atoms with Crippen LogP contribution in [0.4, 0.5) is 0 Å². The molecule has 0 fully saturated rings. The predicted octanol–water partition coefficient (Wildman–Crippen LogP) is 4.82. The van der Waals surface area contributed by atoms with Crippen LogP contribution in [0, 0.1) is 0 Å². The minimum Gasteiger partial charge on any atom is -0.492 e. The van der Waals surface area contributed by atoms with Crippen LogP contribution in [0.5, 0.6) is 5.75 Å². The molecule has 0 N–H and O–H groups in total. The first kappa shape index (κ1) is 26.5. The molecule has 1 aliphatic heterocycles. The predicted molar refractivity (Wildman–Crippen MR) is 144 cm³/mol. The lowest BCUT2D eigenvalue weighted by Gasteiger charge is -2.26. The molecule has 0 bridgehead atoms. The lowest BCUT2D eigenvalue weighted by molar-refractivity contribution is -0.156. The Labute approximate surface area is 219 Å². The zero-order valence-electron chi connectivity index (χ0n) is 21.6. The Hall–Kier alpha value is -3.55. The standard InChI is InChI=1S/C30H35N3O4/c1-3-35-29(30(34)36-4-2)22-23-10-12-26(13-11-23)37-21-20-33-18-16-25(17-19-33)28-15-14-27(31-32-28)24-8-6-5-7-9-24/h5-16,29H,3-4,17-22H2,1-2H3. The first-order valence-corrected chi connectivity index (χ1v) is 13.0. The molecule has 7 heteroatoms. The number of aromatic nitrogens is 2. The van der Waals surface area contributed by atoms with Crippen molar-refractivity contribution >= 4 is 11.5 Å². The maximum Gasteiger partial charge on any atom is 0.335 e. The second-order valence-corrected chi connectivity index (χ2v) is 8.84. The normalized spacial score (nSPS) is 14.6. The number of ether oxygens (including phenoxy) is 3. The summed E-state index contributed by atoms with van der Waals surface area (Å²) >= 11 is 0. The van der Waals surface area contributed by atoms with E-state index in [1.807, 2.05) is 67.6 Å². The lowest BCUT2D eigenvalue weighted by atomic mass is 10.0. The summed E-state index contributed by atoms with van der Waals surface area (Å²) in [6, 6.07) is 22.0. The maximum atomic E-state index is 12.1. The van der Waals surface area contributed by atoms with Crippen molar-refractivity contribution in [3.05, 3.63) is 84.1 Å². The van der Waals surface area contributed by atoms with Gasteiger partial charge in [-0.1, -0.05) is 48.5 Å². The first-order chi connectivity index (χ1) is 18.2. The Morgan fingerprint density at radius 2 is 1.70 bits per heavy atom. The van der Waals surface area contributed by atoms with Crippen molar-refractivity contribution in [2.75, 3.05) is 39.5 Å². The quantitative estimate of drug-likeness (QED) is 0.329. The van der Waals surface area contributed by atoms with Gasteiger partial charge in [-0.2, -0.15) is 5.10 Å². The summed E-state index contributed by atoms with van der Waals surface area (Å²) in [5.41, 5.74) is 5.16. The molecule has 0 amide bonds. The van der Waals surface area contributed by atoms with E-state index in [1.54, 1.807) is 6.92 Å². The van der Waals surface area contributed by atoms with Crippen LogP contribution in [0.25, 0.3) is 16.8 Å². The summed E-state index contributed by atoms with van der Waals surface area (Å²) in [6.07, 6.45) is 3.08. The second-order valence-electron chi connectivity index (χ2n) is 8.84. The van der Waals surface area contributed by atoms with Crippen molar-refractivity contribution in [1.82, 2.24) is 15.1 Å². The summed E-state index contributed by atoms with van der Waals surface area (Å²) in [7, 11) is 0. The van der Waals surface area contributed by atoms with Crippen molar-refractivity contribution in [2.45, 2.75) is 32.8 Å². The van der Waals surface area contributed by atoms with Gasteiger partial charge < -0.3 is 14.2 Å². The van der Waals surface area contributed by atoms with Crippen LogP contribution < -0.4 is 4.74 Å². The Morgan fingerprint density at radius 3 is 2.35 bits per heavy atom. The average Bonchev–Trinajstić information content (AvgIpc) is 2.95. The van der Waals surface area contributed by atoms with Gasteiger partial charge in [-0.3, -0.25) is 4.90 Å². The van der Waals surface area contributed by atoms with Gasteiger partial charge >= 0.3 is 5.97 Å². The van der Waals surface area contributed by atoms with Crippen molar-refractivity contribution in [1.29, 1.82) is 0 Å². The van der Waals surface area contributed by atoms with E-state index in [2.05, 4.69) is 27.2 Å². The van der Waals surface area contributed by atoms with E-state index in [0.29, 0.717) is 26.2 Å². The Bertz CT molecular complexity index is 1150. The van der Waals surface area contributed by atoms with Gasteiger partial charge in [0.25, 0.3) is 0 Å². The number of hydrogen-bond donors (Lipinski definition) is 0. The fourth-order valence-corrected chi connectivity index (χ4v) is 4.29. The average molecular weight is 502 g/mol. The molecule has 0 saturated heterocycles. The fraction of sp³-hybridized carbons (Fsp3) is 0.367.